The highest BCUT2D eigenvalue weighted by Gasteiger charge is 2.23. The average molecular weight is 443 g/mol. The van der Waals surface area contributed by atoms with Crippen LogP contribution < -0.4 is 15.9 Å². The number of nitrogens with zero attached hydrogens (tertiary/aromatic N) is 5. The summed E-state index contributed by atoms with van der Waals surface area (Å²) in [6, 6.07) is 16.0. The van der Waals surface area contributed by atoms with Crippen molar-refractivity contribution >= 4 is 23.2 Å². The largest absolute Gasteiger partial charge is 0.353 e. The molecule has 0 bridgehead atoms. The Labute approximate surface area is 191 Å². The first kappa shape index (κ1) is 20.9. The lowest BCUT2D eigenvalue weighted by Crippen LogP contribution is -2.35. The Morgan fingerprint density at radius 2 is 1.85 bits per heavy atom. The number of rotatable bonds is 4. The van der Waals surface area contributed by atoms with Crippen molar-refractivity contribution in [2.75, 3.05) is 16.8 Å². The maximum Gasteiger partial charge on any atom is 0.353 e. The minimum absolute atomic E-state index is 0.171. The fourth-order valence-corrected chi connectivity index (χ4v) is 4.31. The van der Waals surface area contributed by atoms with Crippen LogP contribution in [0.15, 0.2) is 53.3 Å². The van der Waals surface area contributed by atoms with Gasteiger partial charge in [-0.15, -0.1) is 5.10 Å². The van der Waals surface area contributed by atoms with Gasteiger partial charge >= 0.3 is 5.69 Å². The second kappa shape index (κ2) is 8.20. The van der Waals surface area contributed by atoms with Crippen molar-refractivity contribution < 1.29 is 4.79 Å². The predicted octanol–water partition coefficient (Wildman–Crippen LogP) is 3.02. The summed E-state index contributed by atoms with van der Waals surface area (Å²) in [4.78, 5) is 32.8. The van der Waals surface area contributed by atoms with E-state index in [4.69, 9.17) is 0 Å². The Morgan fingerprint density at radius 3 is 2.67 bits per heavy atom. The Balaban J connectivity index is 1.46. The molecule has 0 atom stereocenters. The van der Waals surface area contributed by atoms with Crippen LogP contribution in [0.1, 0.15) is 27.9 Å². The Hall–Kier alpha value is -3.94. The highest BCUT2D eigenvalue weighted by molar-refractivity contribution is 5.91. The Kier molecular flexibility index (Phi) is 5.20. The van der Waals surface area contributed by atoms with Gasteiger partial charge in [0.25, 0.3) is 0 Å². The number of carbonyl (C=O) groups is 1. The van der Waals surface area contributed by atoms with Crippen LogP contribution in [0.25, 0.3) is 5.65 Å². The summed E-state index contributed by atoms with van der Waals surface area (Å²) in [5, 5.41) is 7.33. The molecule has 5 rings (SSSR count). The maximum atomic E-state index is 13.3. The van der Waals surface area contributed by atoms with Crippen LogP contribution in [0, 0.1) is 20.8 Å². The summed E-state index contributed by atoms with van der Waals surface area (Å²) in [6.07, 6.45) is 0.883. The van der Waals surface area contributed by atoms with Gasteiger partial charge in [-0.25, -0.2) is 18.9 Å². The number of amides is 1. The van der Waals surface area contributed by atoms with E-state index >= 15 is 0 Å². The molecule has 0 radical (unpaired) electrons. The number of benzene rings is 2. The van der Waals surface area contributed by atoms with E-state index in [-0.39, 0.29) is 18.1 Å². The van der Waals surface area contributed by atoms with E-state index in [9.17, 15) is 9.59 Å². The molecule has 1 amide bonds. The minimum Gasteiger partial charge on any atom is -0.337 e. The molecule has 8 heteroatoms. The minimum atomic E-state index is -0.373. The summed E-state index contributed by atoms with van der Waals surface area (Å²) < 4.78 is 2.71. The van der Waals surface area contributed by atoms with Crippen LogP contribution in [-0.4, -0.2) is 31.6 Å². The highest BCUT2D eigenvalue weighted by atomic mass is 16.2. The molecule has 1 N–H and O–H groups in total. The molecule has 0 saturated heterocycles. The number of carbonyl (C=O) groups excluding carboxylic acids is 1. The standard InChI is InChI=1S/C25H26N6O2/c1-16-8-9-17(2)21(12-16)27-23(32)15-30-25(33)31-22(28-30)13-18(3)26-24(31)29-11-10-19-6-4-5-7-20(19)14-29/h4-9,12-13H,10-11,14-15H2,1-3H3,(H,27,32). The van der Waals surface area contributed by atoms with Crippen molar-refractivity contribution in [1.29, 1.82) is 0 Å². The van der Waals surface area contributed by atoms with Crippen LogP contribution in [0.3, 0.4) is 0 Å². The van der Waals surface area contributed by atoms with Crippen molar-refractivity contribution in [3.8, 4) is 0 Å². The second-order valence-electron chi connectivity index (χ2n) is 8.64. The molecule has 8 nitrogen and oxygen atoms in total. The van der Waals surface area contributed by atoms with Crippen LogP contribution in [0.2, 0.25) is 0 Å². The molecule has 0 unspecified atom stereocenters. The third-order valence-corrected chi connectivity index (χ3v) is 6.05. The maximum absolute atomic E-state index is 13.3. The number of aromatic nitrogens is 4. The summed E-state index contributed by atoms with van der Waals surface area (Å²) in [6.45, 7) is 7.05. The Morgan fingerprint density at radius 1 is 1.06 bits per heavy atom. The molecule has 1 aliphatic heterocycles. The van der Waals surface area contributed by atoms with Crippen LogP contribution in [0.5, 0.6) is 0 Å². The normalized spacial score (nSPS) is 13.2. The zero-order chi connectivity index (χ0) is 23.1. The number of hydrogen-bond donors (Lipinski definition) is 1. The first-order chi connectivity index (χ1) is 15.9. The highest BCUT2D eigenvalue weighted by Crippen LogP contribution is 2.23. The first-order valence-corrected chi connectivity index (χ1v) is 11.0. The van der Waals surface area contributed by atoms with E-state index in [0.29, 0.717) is 18.1 Å². The van der Waals surface area contributed by atoms with E-state index < -0.39 is 0 Å². The van der Waals surface area contributed by atoms with Crippen molar-refractivity contribution in [2.24, 2.45) is 0 Å². The summed E-state index contributed by atoms with van der Waals surface area (Å²) in [7, 11) is 0. The fraction of sp³-hybridized carbons (Fsp3) is 0.280. The van der Waals surface area contributed by atoms with Gasteiger partial charge in [-0.2, -0.15) is 0 Å². The zero-order valence-electron chi connectivity index (χ0n) is 19.0. The van der Waals surface area contributed by atoms with Crippen LogP contribution in [-0.2, 0) is 24.3 Å². The second-order valence-corrected chi connectivity index (χ2v) is 8.64. The lowest BCUT2D eigenvalue weighted by Gasteiger charge is -2.29. The molecular weight excluding hydrogens is 416 g/mol. The van der Waals surface area contributed by atoms with Gasteiger partial charge < -0.3 is 10.2 Å². The number of nitrogens with one attached hydrogen (secondary N) is 1. The molecule has 33 heavy (non-hydrogen) atoms. The lowest BCUT2D eigenvalue weighted by molar-refractivity contribution is -0.117. The van der Waals surface area contributed by atoms with Gasteiger partial charge in [-0.1, -0.05) is 36.4 Å². The molecule has 4 aromatic rings. The monoisotopic (exact) mass is 442 g/mol. The smallest absolute Gasteiger partial charge is 0.337 e. The van der Waals surface area contributed by atoms with E-state index in [0.717, 1.165) is 35.5 Å². The van der Waals surface area contributed by atoms with E-state index in [1.165, 1.54) is 20.2 Å². The van der Waals surface area contributed by atoms with Crippen molar-refractivity contribution in [1.82, 2.24) is 19.2 Å². The van der Waals surface area contributed by atoms with Gasteiger partial charge in [0.1, 0.15) is 6.54 Å². The van der Waals surface area contributed by atoms with Crippen molar-refractivity contribution in [2.45, 2.75) is 40.3 Å². The molecule has 2 aromatic heterocycles. The number of anilines is 2. The molecule has 0 saturated carbocycles. The number of fused-ring (bicyclic) bond motifs is 2. The molecule has 0 spiro atoms. The third-order valence-electron chi connectivity index (χ3n) is 6.05. The Bertz CT molecular complexity index is 1430. The van der Waals surface area contributed by atoms with Gasteiger partial charge in [-0.3, -0.25) is 4.79 Å². The number of hydrogen-bond acceptors (Lipinski definition) is 5. The van der Waals surface area contributed by atoms with Crippen LogP contribution >= 0.6 is 0 Å². The topological polar surface area (TPSA) is 84.5 Å². The lowest BCUT2D eigenvalue weighted by atomic mass is 10.0. The van der Waals surface area contributed by atoms with Gasteiger partial charge in [0, 0.05) is 30.5 Å². The van der Waals surface area contributed by atoms with Gasteiger partial charge in [0.15, 0.2) is 5.65 Å². The molecule has 0 fully saturated rings. The van der Waals surface area contributed by atoms with Crippen molar-refractivity contribution in [3.05, 3.63) is 87.0 Å². The third kappa shape index (κ3) is 4.00. The average Bonchev–Trinajstić information content (AvgIpc) is 3.10. The zero-order valence-corrected chi connectivity index (χ0v) is 19.0. The summed E-state index contributed by atoms with van der Waals surface area (Å²) >= 11 is 0. The van der Waals surface area contributed by atoms with Gasteiger partial charge in [0.05, 0.1) is 0 Å². The molecule has 2 aromatic carbocycles. The van der Waals surface area contributed by atoms with E-state index in [1.807, 2.05) is 45.0 Å². The summed E-state index contributed by atoms with van der Waals surface area (Å²) in [5.41, 5.74) is 6.19. The molecule has 0 aliphatic carbocycles. The van der Waals surface area contributed by atoms with E-state index in [2.05, 4.69) is 38.5 Å². The SMILES string of the molecule is Cc1ccc(C)c(NC(=O)Cn2nc3cc(C)nc(N4CCc5ccccc5C4)n3c2=O)c1. The summed E-state index contributed by atoms with van der Waals surface area (Å²) in [5.74, 6) is 0.262. The fourth-order valence-electron chi connectivity index (χ4n) is 4.31. The van der Waals surface area contributed by atoms with Gasteiger partial charge in [-0.05, 0) is 55.5 Å². The number of aryl methyl sites for hydroxylation is 3. The quantitative estimate of drug-likeness (QED) is 0.525. The molecule has 3 heterocycles. The van der Waals surface area contributed by atoms with Gasteiger partial charge in [0.2, 0.25) is 11.9 Å². The molecule has 1 aliphatic rings. The van der Waals surface area contributed by atoms with E-state index in [1.54, 1.807) is 6.07 Å². The first-order valence-electron chi connectivity index (χ1n) is 11.0. The molecule has 168 valence electrons. The van der Waals surface area contributed by atoms with Crippen LogP contribution in [0.4, 0.5) is 11.6 Å². The predicted molar refractivity (Wildman–Crippen MR) is 128 cm³/mol. The molecular formula is C25H26N6O2. The van der Waals surface area contributed by atoms with Crippen molar-refractivity contribution in [3.63, 3.8) is 0 Å².